The van der Waals surface area contributed by atoms with Gasteiger partial charge >= 0.3 is 5.97 Å². The fourth-order valence-corrected chi connectivity index (χ4v) is 2.81. The van der Waals surface area contributed by atoms with E-state index >= 15 is 0 Å². The Kier molecular flexibility index (Phi) is 2.72. The first kappa shape index (κ1) is 13.3. The van der Waals surface area contributed by atoms with Gasteiger partial charge in [0.15, 0.2) is 24.0 Å². The van der Waals surface area contributed by atoms with Gasteiger partial charge in [0.05, 0.1) is 0 Å². The van der Waals surface area contributed by atoms with E-state index in [4.69, 9.17) is 23.7 Å². The molecule has 3 rings (SSSR count). The van der Waals surface area contributed by atoms with Crippen molar-refractivity contribution in [1.82, 2.24) is 0 Å². The predicted molar refractivity (Wildman–Crippen MR) is 60.2 cm³/mol. The summed E-state index contributed by atoms with van der Waals surface area (Å²) in [4.78, 5) is 11.3. The molecule has 108 valence electrons. The Morgan fingerprint density at radius 1 is 0.895 bits per heavy atom. The van der Waals surface area contributed by atoms with Gasteiger partial charge in [-0.15, -0.1) is 0 Å². The number of fused-ring (bicyclic) bond motifs is 3. The zero-order chi connectivity index (χ0) is 14.0. The second-order valence-corrected chi connectivity index (χ2v) is 5.93. The maximum absolute atomic E-state index is 11.3. The Hall–Kier alpha value is -0.730. The zero-order valence-electron chi connectivity index (χ0n) is 11.3. The molecule has 0 aliphatic carbocycles. The summed E-state index contributed by atoms with van der Waals surface area (Å²) in [5.74, 6) is -2.79. The van der Waals surface area contributed by atoms with Crippen LogP contribution in [0.4, 0.5) is 0 Å². The summed E-state index contributed by atoms with van der Waals surface area (Å²) < 4.78 is 28.2. The van der Waals surface area contributed by atoms with Crippen LogP contribution in [-0.4, -0.2) is 53.4 Å². The van der Waals surface area contributed by atoms with Crippen LogP contribution in [0.15, 0.2) is 0 Å². The molecule has 7 nitrogen and oxygen atoms in total. The van der Waals surface area contributed by atoms with E-state index in [9.17, 15) is 9.90 Å². The van der Waals surface area contributed by atoms with Crippen molar-refractivity contribution in [1.29, 1.82) is 0 Å². The van der Waals surface area contributed by atoms with Crippen LogP contribution >= 0.6 is 0 Å². The van der Waals surface area contributed by atoms with Crippen molar-refractivity contribution in [3.8, 4) is 0 Å². The van der Waals surface area contributed by atoms with Crippen LogP contribution in [0.3, 0.4) is 0 Å². The number of carboxylic acids is 1. The van der Waals surface area contributed by atoms with Crippen molar-refractivity contribution in [3.05, 3.63) is 0 Å². The lowest BCUT2D eigenvalue weighted by Crippen LogP contribution is -2.57. The minimum atomic E-state index is -1.12. The van der Waals surface area contributed by atoms with Gasteiger partial charge in [-0.25, -0.2) is 4.79 Å². The largest absolute Gasteiger partial charge is 0.479 e. The van der Waals surface area contributed by atoms with Crippen molar-refractivity contribution in [3.63, 3.8) is 0 Å². The van der Waals surface area contributed by atoms with E-state index in [1.807, 2.05) is 0 Å². The van der Waals surface area contributed by atoms with Gasteiger partial charge < -0.3 is 28.8 Å². The number of aliphatic carboxylic acids is 1. The highest BCUT2D eigenvalue weighted by Gasteiger charge is 2.62. The lowest BCUT2D eigenvalue weighted by Gasteiger charge is -2.35. The third kappa shape index (κ3) is 2.15. The van der Waals surface area contributed by atoms with Crippen LogP contribution < -0.4 is 0 Å². The molecule has 1 N–H and O–H groups in total. The standard InChI is InChI=1S/C12H18O7/c1-11(2)16-5-6(17-11)8-10(15-7(5)9(13)14)19-12(3,4)18-8/h5-8,10H,1-4H3,(H,13,14)/t5-,6-,7+,8+,10-/m0/s1. The van der Waals surface area contributed by atoms with Crippen molar-refractivity contribution in [2.24, 2.45) is 0 Å². The van der Waals surface area contributed by atoms with Gasteiger partial charge in [0.25, 0.3) is 0 Å². The molecule has 0 aromatic carbocycles. The van der Waals surface area contributed by atoms with Crippen LogP contribution in [0.2, 0.25) is 0 Å². The van der Waals surface area contributed by atoms with Gasteiger partial charge in [-0.05, 0) is 27.7 Å². The molecule has 0 radical (unpaired) electrons. The highest BCUT2D eigenvalue weighted by molar-refractivity contribution is 5.73. The third-order valence-corrected chi connectivity index (χ3v) is 3.40. The first-order valence-corrected chi connectivity index (χ1v) is 6.28. The number of hydrogen-bond donors (Lipinski definition) is 1. The normalized spacial score (nSPS) is 46.6. The van der Waals surface area contributed by atoms with Gasteiger partial charge in [-0.3, -0.25) is 0 Å². The van der Waals surface area contributed by atoms with Crippen molar-refractivity contribution in [2.75, 3.05) is 0 Å². The Labute approximate surface area is 110 Å². The molecule has 0 unspecified atom stereocenters. The van der Waals surface area contributed by atoms with E-state index in [0.717, 1.165) is 0 Å². The first-order valence-electron chi connectivity index (χ1n) is 6.28. The second-order valence-electron chi connectivity index (χ2n) is 5.93. The molecular weight excluding hydrogens is 256 g/mol. The molecule has 0 saturated carbocycles. The molecule has 3 aliphatic rings. The summed E-state index contributed by atoms with van der Waals surface area (Å²) >= 11 is 0. The van der Waals surface area contributed by atoms with Gasteiger partial charge in [-0.2, -0.15) is 0 Å². The van der Waals surface area contributed by atoms with E-state index in [1.165, 1.54) is 0 Å². The molecule has 3 saturated heterocycles. The van der Waals surface area contributed by atoms with E-state index in [0.29, 0.717) is 0 Å². The lowest BCUT2D eigenvalue weighted by atomic mass is 9.99. The number of hydrogen-bond acceptors (Lipinski definition) is 6. The van der Waals surface area contributed by atoms with Crippen molar-refractivity contribution < 1.29 is 33.6 Å². The topological polar surface area (TPSA) is 83.5 Å². The molecule has 0 aromatic rings. The quantitative estimate of drug-likeness (QED) is 0.744. The summed E-state index contributed by atoms with van der Waals surface area (Å²) in [6.45, 7) is 6.97. The molecule has 0 bridgehead atoms. The van der Waals surface area contributed by atoms with Gasteiger partial charge in [0, 0.05) is 0 Å². The summed E-state index contributed by atoms with van der Waals surface area (Å²) in [6, 6.07) is 0. The number of carboxylic acid groups (broad SMARTS) is 1. The SMILES string of the molecule is CC1(C)O[C@@H]2O[C@@H](C(=O)O)[C@H]3OC(C)(C)O[C@@H]3[C@H]2O1. The van der Waals surface area contributed by atoms with Crippen molar-refractivity contribution >= 4 is 5.97 Å². The minimum absolute atomic E-state index is 0.489. The number of rotatable bonds is 1. The Morgan fingerprint density at radius 3 is 2.05 bits per heavy atom. The van der Waals surface area contributed by atoms with E-state index < -0.39 is 48.2 Å². The third-order valence-electron chi connectivity index (χ3n) is 3.40. The predicted octanol–water partition coefficient (Wildman–Crippen LogP) is 0.467. The van der Waals surface area contributed by atoms with Crippen LogP contribution in [0, 0.1) is 0 Å². The molecule has 0 aromatic heterocycles. The fraction of sp³-hybridized carbons (Fsp3) is 0.917. The molecule has 3 aliphatic heterocycles. The van der Waals surface area contributed by atoms with E-state index in [2.05, 4.69) is 0 Å². The molecular formula is C12H18O7. The zero-order valence-corrected chi connectivity index (χ0v) is 11.3. The van der Waals surface area contributed by atoms with E-state index in [-0.39, 0.29) is 0 Å². The summed E-state index contributed by atoms with van der Waals surface area (Å²) in [5, 5.41) is 9.25. The lowest BCUT2D eigenvalue weighted by molar-refractivity contribution is -0.237. The maximum Gasteiger partial charge on any atom is 0.335 e. The summed E-state index contributed by atoms with van der Waals surface area (Å²) in [7, 11) is 0. The molecule has 0 spiro atoms. The number of carbonyl (C=O) groups is 1. The Bertz CT molecular complexity index is 405. The first-order chi connectivity index (χ1) is 8.69. The fourth-order valence-electron chi connectivity index (χ4n) is 2.81. The van der Waals surface area contributed by atoms with Gasteiger partial charge in [0.2, 0.25) is 0 Å². The smallest absolute Gasteiger partial charge is 0.335 e. The van der Waals surface area contributed by atoms with Gasteiger partial charge in [-0.1, -0.05) is 0 Å². The number of ether oxygens (including phenoxy) is 5. The minimum Gasteiger partial charge on any atom is -0.479 e. The average Bonchev–Trinajstić information content (AvgIpc) is 2.70. The van der Waals surface area contributed by atoms with Gasteiger partial charge in [0.1, 0.15) is 18.3 Å². The summed E-state index contributed by atoms with van der Waals surface area (Å²) in [5.41, 5.74) is 0. The van der Waals surface area contributed by atoms with Crippen LogP contribution in [-0.2, 0) is 28.5 Å². The van der Waals surface area contributed by atoms with Crippen LogP contribution in [0.25, 0.3) is 0 Å². The Morgan fingerprint density at radius 2 is 1.42 bits per heavy atom. The molecule has 7 heteroatoms. The highest BCUT2D eigenvalue weighted by Crippen LogP contribution is 2.43. The molecule has 3 heterocycles. The van der Waals surface area contributed by atoms with Crippen LogP contribution in [0.5, 0.6) is 0 Å². The highest BCUT2D eigenvalue weighted by atomic mass is 16.9. The van der Waals surface area contributed by atoms with Crippen LogP contribution in [0.1, 0.15) is 27.7 Å². The molecule has 0 amide bonds. The molecule has 19 heavy (non-hydrogen) atoms. The molecule has 5 atom stereocenters. The molecule has 3 fully saturated rings. The maximum atomic E-state index is 11.3. The second kappa shape index (κ2) is 3.89. The van der Waals surface area contributed by atoms with Crippen molar-refractivity contribution in [2.45, 2.75) is 70.0 Å². The average molecular weight is 274 g/mol. The Balaban J connectivity index is 1.91. The van der Waals surface area contributed by atoms with E-state index in [1.54, 1.807) is 27.7 Å². The monoisotopic (exact) mass is 274 g/mol. The summed E-state index contributed by atoms with van der Waals surface area (Å²) in [6.07, 6.45) is -3.58.